The van der Waals surface area contributed by atoms with E-state index in [-0.39, 0.29) is 5.69 Å². The Kier molecular flexibility index (Phi) is 2.83. The number of aromatic nitrogens is 1. The summed E-state index contributed by atoms with van der Waals surface area (Å²) in [6.45, 7) is 1.79. The maximum Gasteiger partial charge on any atom is 0.300 e. The maximum atomic E-state index is 10.7. The number of para-hydroxylation sites is 2. The summed E-state index contributed by atoms with van der Waals surface area (Å²) in [5.41, 5.74) is 2.98. The summed E-state index contributed by atoms with van der Waals surface area (Å²) in [5, 5.41) is 13.7. The number of anilines is 2. The predicted molar refractivity (Wildman–Crippen MR) is 75.1 cm³/mol. The molecule has 0 unspecified atom stereocenters. The number of nitro benzene ring substituents is 1. The van der Waals surface area contributed by atoms with Gasteiger partial charge in [0.25, 0.3) is 11.7 Å². The monoisotopic (exact) mass is 269 g/mol. The lowest BCUT2D eigenvalue weighted by Gasteiger charge is -2.05. The van der Waals surface area contributed by atoms with Crippen molar-refractivity contribution >= 4 is 28.5 Å². The van der Waals surface area contributed by atoms with Crippen molar-refractivity contribution in [3.8, 4) is 0 Å². The summed E-state index contributed by atoms with van der Waals surface area (Å²) in [5.74, 6) is 0. The van der Waals surface area contributed by atoms with Crippen molar-refractivity contribution in [2.45, 2.75) is 6.92 Å². The van der Waals surface area contributed by atoms with Gasteiger partial charge in [0, 0.05) is 17.8 Å². The van der Waals surface area contributed by atoms with Crippen LogP contribution in [0.4, 0.5) is 17.4 Å². The predicted octanol–water partition coefficient (Wildman–Crippen LogP) is 3.79. The topological polar surface area (TPSA) is 81.2 Å². The molecule has 0 spiro atoms. The Morgan fingerprint density at radius 3 is 2.75 bits per heavy atom. The van der Waals surface area contributed by atoms with Crippen LogP contribution in [-0.4, -0.2) is 9.91 Å². The van der Waals surface area contributed by atoms with Gasteiger partial charge in [0.1, 0.15) is 5.52 Å². The molecule has 1 heterocycles. The van der Waals surface area contributed by atoms with Crippen molar-refractivity contribution < 1.29 is 9.34 Å². The van der Waals surface area contributed by atoms with Gasteiger partial charge in [-0.3, -0.25) is 10.1 Å². The molecule has 0 saturated heterocycles. The summed E-state index contributed by atoms with van der Waals surface area (Å²) >= 11 is 0. The molecule has 6 nitrogen and oxygen atoms in total. The first-order chi connectivity index (χ1) is 9.63. The molecule has 2 aromatic carbocycles. The van der Waals surface area contributed by atoms with Gasteiger partial charge in [0.05, 0.1) is 4.92 Å². The van der Waals surface area contributed by atoms with E-state index in [9.17, 15) is 10.1 Å². The van der Waals surface area contributed by atoms with E-state index in [0.29, 0.717) is 11.6 Å². The van der Waals surface area contributed by atoms with Gasteiger partial charge in [-0.25, -0.2) is 0 Å². The number of aryl methyl sites for hydroxylation is 1. The van der Waals surface area contributed by atoms with Crippen LogP contribution < -0.4 is 5.32 Å². The van der Waals surface area contributed by atoms with Crippen LogP contribution in [0, 0.1) is 17.0 Å². The van der Waals surface area contributed by atoms with Crippen LogP contribution in [0.1, 0.15) is 5.56 Å². The van der Waals surface area contributed by atoms with E-state index in [1.807, 2.05) is 24.3 Å². The molecule has 6 heteroatoms. The number of nitro groups is 1. The molecule has 0 radical (unpaired) electrons. The zero-order chi connectivity index (χ0) is 14.1. The first-order valence-corrected chi connectivity index (χ1v) is 6.01. The van der Waals surface area contributed by atoms with E-state index in [1.165, 1.54) is 12.1 Å². The highest BCUT2D eigenvalue weighted by atomic mass is 16.6. The third kappa shape index (κ3) is 2.18. The lowest BCUT2D eigenvalue weighted by molar-refractivity contribution is -0.384. The minimum absolute atomic E-state index is 0.0608. The largest absolute Gasteiger partial charge is 0.423 e. The first kappa shape index (κ1) is 12.2. The molecule has 0 fully saturated rings. The van der Waals surface area contributed by atoms with Crippen molar-refractivity contribution in [2.75, 3.05) is 5.32 Å². The van der Waals surface area contributed by atoms with Gasteiger partial charge in [-0.1, -0.05) is 12.1 Å². The molecule has 0 saturated carbocycles. The summed E-state index contributed by atoms with van der Waals surface area (Å²) in [6.07, 6.45) is 0. The van der Waals surface area contributed by atoms with E-state index >= 15 is 0 Å². The number of non-ortho nitro benzene ring substituents is 1. The van der Waals surface area contributed by atoms with Gasteiger partial charge in [-0.05, 0) is 30.7 Å². The quantitative estimate of drug-likeness (QED) is 0.578. The number of oxazole rings is 1. The molecule has 0 bridgehead atoms. The minimum atomic E-state index is -0.420. The molecule has 0 aliphatic heterocycles. The average molecular weight is 269 g/mol. The zero-order valence-electron chi connectivity index (χ0n) is 10.7. The van der Waals surface area contributed by atoms with Crippen LogP contribution in [0.15, 0.2) is 46.9 Å². The molecule has 20 heavy (non-hydrogen) atoms. The Hall–Kier alpha value is -2.89. The number of hydrogen-bond donors (Lipinski definition) is 1. The third-order valence-electron chi connectivity index (χ3n) is 2.96. The van der Waals surface area contributed by atoms with Gasteiger partial charge in [-0.15, -0.1) is 0 Å². The van der Waals surface area contributed by atoms with Gasteiger partial charge in [0.2, 0.25) is 0 Å². The Labute approximate surface area is 114 Å². The van der Waals surface area contributed by atoms with Crippen molar-refractivity contribution in [1.29, 1.82) is 0 Å². The fraction of sp³-hybridized carbons (Fsp3) is 0.0714. The third-order valence-corrected chi connectivity index (χ3v) is 2.96. The van der Waals surface area contributed by atoms with Crippen LogP contribution in [0.3, 0.4) is 0 Å². The summed E-state index contributed by atoms with van der Waals surface area (Å²) in [6, 6.07) is 12.4. The highest BCUT2D eigenvalue weighted by molar-refractivity contribution is 5.75. The highest BCUT2D eigenvalue weighted by Gasteiger charge is 2.10. The Balaban J connectivity index is 1.92. The van der Waals surface area contributed by atoms with Crippen molar-refractivity contribution in [3.05, 3.63) is 58.1 Å². The van der Waals surface area contributed by atoms with Gasteiger partial charge in [0.15, 0.2) is 5.58 Å². The fourth-order valence-corrected chi connectivity index (χ4v) is 1.94. The standard InChI is InChI=1S/C14H11N3O3/c1-9-8-10(17(18)19)6-7-11(9)15-14-16-12-4-2-3-5-13(12)20-14/h2-8H,1H3,(H,15,16). The fourth-order valence-electron chi connectivity index (χ4n) is 1.94. The molecular weight excluding hydrogens is 258 g/mol. The smallest absolute Gasteiger partial charge is 0.300 e. The average Bonchev–Trinajstić information content (AvgIpc) is 2.83. The lowest BCUT2D eigenvalue weighted by atomic mass is 10.2. The van der Waals surface area contributed by atoms with Crippen LogP contribution in [0.25, 0.3) is 11.1 Å². The Morgan fingerprint density at radius 1 is 1.25 bits per heavy atom. The Bertz CT molecular complexity index is 762. The van der Waals surface area contributed by atoms with E-state index in [4.69, 9.17) is 4.42 Å². The second-order valence-corrected chi connectivity index (χ2v) is 4.37. The summed E-state index contributed by atoms with van der Waals surface area (Å²) in [4.78, 5) is 14.6. The SMILES string of the molecule is Cc1cc([N+](=O)[O-])ccc1Nc1nc2ccccc2o1. The molecular formula is C14H11N3O3. The van der Waals surface area contributed by atoms with E-state index in [1.54, 1.807) is 13.0 Å². The molecule has 3 rings (SSSR count). The first-order valence-electron chi connectivity index (χ1n) is 6.01. The van der Waals surface area contributed by atoms with E-state index < -0.39 is 4.92 Å². The zero-order valence-corrected chi connectivity index (χ0v) is 10.7. The number of rotatable bonds is 3. The van der Waals surface area contributed by atoms with Gasteiger partial charge < -0.3 is 9.73 Å². The van der Waals surface area contributed by atoms with Gasteiger partial charge in [-0.2, -0.15) is 4.98 Å². The number of benzene rings is 2. The van der Waals surface area contributed by atoms with Gasteiger partial charge >= 0.3 is 0 Å². The Morgan fingerprint density at radius 2 is 2.05 bits per heavy atom. The summed E-state index contributed by atoms with van der Waals surface area (Å²) < 4.78 is 5.55. The lowest BCUT2D eigenvalue weighted by Crippen LogP contribution is -1.95. The van der Waals surface area contributed by atoms with Crippen LogP contribution in [0.2, 0.25) is 0 Å². The maximum absolute atomic E-state index is 10.7. The van der Waals surface area contributed by atoms with Crippen molar-refractivity contribution in [2.24, 2.45) is 0 Å². The number of fused-ring (bicyclic) bond motifs is 1. The van der Waals surface area contributed by atoms with Crippen LogP contribution in [-0.2, 0) is 0 Å². The van der Waals surface area contributed by atoms with Crippen molar-refractivity contribution in [3.63, 3.8) is 0 Å². The minimum Gasteiger partial charge on any atom is -0.423 e. The second-order valence-electron chi connectivity index (χ2n) is 4.37. The number of nitrogens with one attached hydrogen (secondary N) is 1. The molecule has 100 valence electrons. The number of hydrogen-bond acceptors (Lipinski definition) is 5. The van der Waals surface area contributed by atoms with Crippen molar-refractivity contribution in [1.82, 2.24) is 4.98 Å². The molecule has 0 aliphatic rings. The molecule has 0 aliphatic carbocycles. The van der Waals surface area contributed by atoms with E-state index in [0.717, 1.165) is 16.8 Å². The summed E-state index contributed by atoms with van der Waals surface area (Å²) in [7, 11) is 0. The highest BCUT2D eigenvalue weighted by Crippen LogP contribution is 2.26. The normalized spacial score (nSPS) is 10.7. The van der Waals surface area contributed by atoms with E-state index in [2.05, 4.69) is 10.3 Å². The molecule has 1 N–H and O–H groups in total. The number of nitrogens with zero attached hydrogens (tertiary/aromatic N) is 2. The van der Waals surface area contributed by atoms with Crippen LogP contribution >= 0.6 is 0 Å². The molecule has 0 amide bonds. The molecule has 3 aromatic rings. The molecule has 0 atom stereocenters. The molecule has 1 aromatic heterocycles. The van der Waals surface area contributed by atoms with Crippen LogP contribution in [0.5, 0.6) is 0 Å². The second kappa shape index (κ2) is 4.65.